The second-order valence-corrected chi connectivity index (χ2v) is 9.51. The van der Waals surface area contributed by atoms with Gasteiger partial charge in [0, 0.05) is 30.6 Å². The van der Waals surface area contributed by atoms with E-state index in [4.69, 9.17) is 16.3 Å². The lowest BCUT2D eigenvalue weighted by Crippen LogP contribution is -2.45. The highest BCUT2D eigenvalue weighted by Gasteiger charge is 2.46. The maximum Gasteiger partial charge on any atom is 0.416 e. The number of carbonyl (C=O) groups is 2. The lowest BCUT2D eigenvalue weighted by atomic mass is 9.87. The lowest BCUT2D eigenvalue weighted by Gasteiger charge is -2.26. The number of likely N-dealkylation sites (tertiary alicyclic amines) is 1. The summed E-state index contributed by atoms with van der Waals surface area (Å²) < 4.78 is 5.35. The Morgan fingerprint density at radius 2 is 1.53 bits per heavy atom. The molecule has 2 amide bonds. The van der Waals surface area contributed by atoms with Gasteiger partial charge in [0.25, 0.3) is 0 Å². The van der Waals surface area contributed by atoms with Gasteiger partial charge in [0.1, 0.15) is 6.61 Å². The van der Waals surface area contributed by atoms with Crippen LogP contribution in [0.25, 0.3) is 0 Å². The first-order valence-corrected chi connectivity index (χ1v) is 12.0. The molecule has 174 valence electrons. The van der Waals surface area contributed by atoms with Crippen LogP contribution in [0.1, 0.15) is 22.6 Å². The summed E-state index contributed by atoms with van der Waals surface area (Å²) in [6.45, 7) is 2.31. The lowest BCUT2D eigenvalue weighted by molar-refractivity contribution is -0.133. The van der Waals surface area contributed by atoms with Crippen LogP contribution in [0.15, 0.2) is 84.9 Å². The molecule has 0 N–H and O–H groups in total. The largest absolute Gasteiger partial charge is 0.447 e. The zero-order valence-corrected chi connectivity index (χ0v) is 19.6. The Labute approximate surface area is 204 Å². The average molecular weight is 475 g/mol. The van der Waals surface area contributed by atoms with Crippen molar-refractivity contribution in [3.05, 3.63) is 107 Å². The smallest absolute Gasteiger partial charge is 0.416 e. The number of hydrogen-bond donors (Lipinski definition) is 0. The van der Waals surface area contributed by atoms with Crippen molar-refractivity contribution in [3.63, 3.8) is 0 Å². The summed E-state index contributed by atoms with van der Waals surface area (Å²) in [7, 11) is 0. The van der Waals surface area contributed by atoms with Gasteiger partial charge in [0.05, 0.1) is 12.0 Å². The first-order chi connectivity index (χ1) is 16.6. The van der Waals surface area contributed by atoms with Gasteiger partial charge in [-0.3, -0.25) is 9.69 Å². The van der Waals surface area contributed by atoms with Crippen molar-refractivity contribution >= 4 is 23.6 Å². The van der Waals surface area contributed by atoms with E-state index in [0.29, 0.717) is 18.0 Å². The highest BCUT2D eigenvalue weighted by Crippen LogP contribution is 2.36. The molecule has 6 heteroatoms. The molecule has 0 unspecified atom stereocenters. The summed E-state index contributed by atoms with van der Waals surface area (Å²) in [5, 5.41) is 0.664. The molecule has 34 heavy (non-hydrogen) atoms. The molecular weight excluding hydrogens is 448 g/mol. The number of halogens is 1. The third-order valence-electron chi connectivity index (χ3n) is 6.77. The van der Waals surface area contributed by atoms with Crippen molar-refractivity contribution in [2.45, 2.75) is 24.9 Å². The van der Waals surface area contributed by atoms with Crippen LogP contribution in [-0.4, -0.2) is 47.5 Å². The molecule has 0 saturated carbocycles. The second-order valence-electron chi connectivity index (χ2n) is 9.07. The standard InChI is InChI=1S/C28H27ClN2O3/c29-23-13-11-22(12-14-23)25-17-30(16-21-9-5-2-6-10-21)18-26(25)27(32)31-24(19-34-28(31)33)15-20-7-3-1-4-8-20/h1-14,24-26H,15-19H2/t24-,25-,26+/m1/s1. The summed E-state index contributed by atoms with van der Waals surface area (Å²) in [4.78, 5) is 30.2. The molecule has 3 atom stereocenters. The minimum atomic E-state index is -0.540. The fourth-order valence-electron chi connectivity index (χ4n) is 5.10. The van der Waals surface area contributed by atoms with Gasteiger partial charge in [-0.25, -0.2) is 9.69 Å². The van der Waals surface area contributed by atoms with Gasteiger partial charge in [0.15, 0.2) is 0 Å². The molecule has 5 nitrogen and oxygen atoms in total. The van der Waals surface area contributed by atoms with E-state index in [-0.39, 0.29) is 30.4 Å². The van der Waals surface area contributed by atoms with E-state index >= 15 is 0 Å². The predicted octanol–water partition coefficient (Wildman–Crippen LogP) is 5.15. The number of hydrogen-bond acceptors (Lipinski definition) is 4. The molecule has 0 radical (unpaired) electrons. The van der Waals surface area contributed by atoms with E-state index in [1.165, 1.54) is 10.5 Å². The van der Waals surface area contributed by atoms with Crippen molar-refractivity contribution < 1.29 is 14.3 Å². The van der Waals surface area contributed by atoms with Gasteiger partial charge in [0.2, 0.25) is 5.91 Å². The molecule has 0 aliphatic carbocycles. The molecule has 2 aliphatic heterocycles. The van der Waals surface area contributed by atoms with Gasteiger partial charge in [-0.2, -0.15) is 0 Å². The molecule has 0 bridgehead atoms. The first-order valence-electron chi connectivity index (χ1n) is 11.6. The quantitative estimate of drug-likeness (QED) is 0.496. The van der Waals surface area contributed by atoms with Crippen molar-refractivity contribution in [1.29, 1.82) is 0 Å². The molecule has 5 rings (SSSR count). The molecule has 2 aliphatic rings. The number of imide groups is 1. The number of ether oxygens (including phenoxy) is 1. The normalized spacial score (nSPS) is 22.7. The summed E-state index contributed by atoms with van der Waals surface area (Å²) >= 11 is 6.13. The Bertz CT molecular complexity index is 1140. The summed E-state index contributed by atoms with van der Waals surface area (Å²) in [5.74, 6) is -0.521. The maximum absolute atomic E-state index is 13.9. The monoisotopic (exact) mass is 474 g/mol. The topological polar surface area (TPSA) is 49.9 Å². The van der Waals surface area contributed by atoms with Crippen LogP contribution in [0, 0.1) is 5.92 Å². The maximum atomic E-state index is 13.9. The second kappa shape index (κ2) is 10.00. The Hall–Kier alpha value is -3.15. The van der Waals surface area contributed by atoms with Crippen LogP contribution in [0.3, 0.4) is 0 Å². The van der Waals surface area contributed by atoms with Crippen LogP contribution in [0.5, 0.6) is 0 Å². The Morgan fingerprint density at radius 3 is 2.21 bits per heavy atom. The Kier molecular flexibility index (Phi) is 6.66. The van der Waals surface area contributed by atoms with Gasteiger partial charge < -0.3 is 4.74 Å². The number of nitrogens with zero attached hydrogens (tertiary/aromatic N) is 2. The minimum Gasteiger partial charge on any atom is -0.447 e. The van der Waals surface area contributed by atoms with Crippen molar-refractivity contribution in [3.8, 4) is 0 Å². The van der Waals surface area contributed by atoms with Crippen molar-refractivity contribution in [1.82, 2.24) is 9.80 Å². The van der Waals surface area contributed by atoms with Crippen molar-refractivity contribution in [2.75, 3.05) is 19.7 Å². The van der Waals surface area contributed by atoms with Crippen LogP contribution in [0.2, 0.25) is 5.02 Å². The zero-order chi connectivity index (χ0) is 23.5. The van der Waals surface area contributed by atoms with E-state index in [2.05, 4.69) is 17.0 Å². The van der Waals surface area contributed by atoms with E-state index < -0.39 is 6.09 Å². The number of cyclic esters (lactones) is 1. The summed E-state index contributed by atoms with van der Waals surface area (Å²) in [6.07, 6.45) is 0.0481. The van der Waals surface area contributed by atoms with Gasteiger partial charge >= 0.3 is 6.09 Å². The van der Waals surface area contributed by atoms with Gasteiger partial charge in [-0.1, -0.05) is 84.4 Å². The Balaban J connectivity index is 1.40. The molecule has 3 aromatic rings. The minimum absolute atomic E-state index is 0.0285. The van der Waals surface area contributed by atoms with Crippen LogP contribution >= 0.6 is 11.6 Å². The molecule has 0 spiro atoms. The van der Waals surface area contributed by atoms with Crippen LogP contribution in [0.4, 0.5) is 4.79 Å². The Morgan fingerprint density at radius 1 is 0.882 bits per heavy atom. The third kappa shape index (κ3) is 4.86. The van der Waals surface area contributed by atoms with E-state index in [0.717, 1.165) is 24.2 Å². The van der Waals surface area contributed by atoms with Gasteiger partial charge in [-0.05, 0) is 35.2 Å². The van der Waals surface area contributed by atoms with E-state index in [9.17, 15) is 9.59 Å². The molecular formula is C28H27ClN2O3. The highest BCUT2D eigenvalue weighted by atomic mass is 35.5. The molecule has 2 heterocycles. The fraction of sp³-hybridized carbons (Fsp3) is 0.286. The van der Waals surface area contributed by atoms with Crippen LogP contribution in [-0.2, 0) is 22.5 Å². The molecule has 3 aromatic carbocycles. The predicted molar refractivity (Wildman–Crippen MR) is 132 cm³/mol. The number of benzene rings is 3. The molecule has 0 aromatic heterocycles. The molecule has 2 fully saturated rings. The number of rotatable bonds is 6. The highest BCUT2D eigenvalue weighted by molar-refractivity contribution is 6.30. The average Bonchev–Trinajstić information content (AvgIpc) is 3.44. The summed E-state index contributed by atoms with van der Waals surface area (Å²) in [6, 6.07) is 27.6. The van der Waals surface area contributed by atoms with Crippen LogP contribution < -0.4 is 0 Å². The summed E-state index contributed by atoms with van der Waals surface area (Å²) in [5.41, 5.74) is 3.34. The fourth-order valence-corrected chi connectivity index (χ4v) is 5.23. The molecule has 2 saturated heterocycles. The van der Waals surface area contributed by atoms with Crippen molar-refractivity contribution in [2.24, 2.45) is 5.92 Å². The van der Waals surface area contributed by atoms with E-state index in [1.807, 2.05) is 72.8 Å². The third-order valence-corrected chi connectivity index (χ3v) is 7.02. The van der Waals surface area contributed by atoms with E-state index in [1.54, 1.807) is 0 Å². The number of amides is 2. The first kappa shape index (κ1) is 22.6. The zero-order valence-electron chi connectivity index (χ0n) is 18.8. The van der Waals surface area contributed by atoms with Gasteiger partial charge in [-0.15, -0.1) is 0 Å². The SMILES string of the molecule is O=C1OC[C@@H](Cc2ccccc2)N1C(=O)[C@H]1CN(Cc2ccccc2)C[C@@H]1c1ccc(Cl)cc1. The number of carbonyl (C=O) groups excluding carboxylic acids is 2.